The number of carbonyl (C=O) groups is 3. The Kier molecular flexibility index (Phi) is 8.96. The van der Waals surface area contributed by atoms with E-state index in [0.29, 0.717) is 17.8 Å². The second-order valence-corrected chi connectivity index (χ2v) is 11.8. The molecule has 0 saturated carbocycles. The monoisotopic (exact) mass is 712 g/mol. The van der Waals surface area contributed by atoms with Crippen LogP contribution in [-0.2, 0) is 30.9 Å². The van der Waals surface area contributed by atoms with E-state index < -0.39 is 17.9 Å². The van der Waals surface area contributed by atoms with Crippen LogP contribution in [0.5, 0.6) is 0 Å². The number of rotatable bonds is 5. The second-order valence-electron chi connectivity index (χ2n) is 11.8. The summed E-state index contributed by atoms with van der Waals surface area (Å²) in [6.07, 6.45) is 5.06. The number of ether oxygens (including phenoxy) is 1. The summed E-state index contributed by atoms with van der Waals surface area (Å²) in [5.74, 6) is -0.469. The Hall–Kier alpha value is -7.36. The predicted octanol–water partition coefficient (Wildman–Crippen LogP) is 5.34. The first-order chi connectivity index (χ1) is 25.9. The van der Waals surface area contributed by atoms with Gasteiger partial charge in [-0.25, -0.2) is 29.7 Å². The molecule has 0 unspecified atom stereocenters. The maximum absolute atomic E-state index is 13.1. The summed E-state index contributed by atoms with van der Waals surface area (Å²) in [6, 6.07) is 20.1. The van der Waals surface area contributed by atoms with Gasteiger partial charge in [-0.15, -0.1) is 0 Å². The molecule has 1 aliphatic rings. The molecule has 3 N–H and O–H groups in total. The van der Waals surface area contributed by atoms with Crippen molar-refractivity contribution in [2.75, 3.05) is 6.54 Å². The van der Waals surface area contributed by atoms with E-state index >= 15 is 0 Å². The van der Waals surface area contributed by atoms with Crippen LogP contribution in [0.2, 0.25) is 0 Å². The number of benzene rings is 2. The predicted molar refractivity (Wildman–Crippen MR) is 183 cm³/mol. The minimum absolute atomic E-state index is 0.0349. The number of alkyl carbamates (subject to hydrolysis) is 1. The lowest BCUT2D eigenvalue weighted by Gasteiger charge is -2.12. The van der Waals surface area contributed by atoms with Crippen LogP contribution in [0.15, 0.2) is 109 Å². The van der Waals surface area contributed by atoms with Crippen molar-refractivity contribution in [1.29, 1.82) is 0 Å². The number of carbonyl (C=O) groups excluding carboxylic acids is 3. The molecular formula is C37H28N8O8. The Morgan fingerprint density at radius 3 is 1.68 bits per heavy atom. The maximum atomic E-state index is 13.1. The smallest absolute Gasteiger partial charge is 0.407 e. The van der Waals surface area contributed by atoms with Crippen molar-refractivity contribution in [2.24, 2.45) is 0 Å². The van der Waals surface area contributed by atoms with Gasteiger partial charge >= 0.3 is 6.09 Å². The summed E-state index contributed by atoms with van der Waals surface area (Å²) in [5, 5.41) is 8.47. The van der Waals surface area contributed by atoms with Gasteiger partial charge in [-0.1, -0.05) is 54.6 Å². The van der Waals surface area contributed by atoms with E-state index in [0.717, 1.165) is 22.3 Å². The molecule has 53 heavy (non-hydrogen) atoms. The zero-order valence-corrected chi connectivity index (χ0v) is 27.7. The average molecular weight is 713 g/mol. The van der Waals surface area contributed by atoms with Gasteiger partial charge in [-0.2, -0.15) is 0 Å². The third-order valence-electron chi connectivity index (χ3n) is 8.02. The summed E-state index contributed by atoms with van der Waals surface area (Å²) >= 11 is 0. The van der Waals surface area contributed by atoms with Crippen LogP contribution in [0.25, 0.3) is 46.3 Å². The first-order valence-electron chi connectivity index (χ1n) is 16.4. The Balaban J connectivity index is 1.04. The number of oxazole rings is 4. The molecule has 7 aromatic rings. The van der Waals surface area contributed by atoms with Crippen molar-refractivity contribution in [3.05, 3.63) is 125 Å². The molecule has 0 fully saturated rings. The summed E-state index contributed by atoms with van der Waals surface area (Å²) in [5.41, 5.74) is 4.55. The Bertz CT molecular complexity index is 2300. The van der Waals surface area contributed by atoms with Gasteiger partial charge < -0.3 is 38.4 Å². The second kappa shape index (κ2) is 14.5. The van der Waals surface area contributed by atoms with Crippen molar-refractivity contribution in [1.82, 2.24) is 40.9 Å². The quantitative estimate of drug-likeness (QED) is 0.206. The molecule has 0 radical (unpaired) electrons. The molecule has 16 nitrogen and oxygen atoms in total. The Labute approximate surface area is 299 Å². The van der Waals surface area contributed by atoms with Gasteiger partial charge in [0.1, 0.15) is 43.0 Å². The number of nitrogens with zero attached hydrogens (tertiary/aromatic N) is 5. The van der Waals surface area contributed by atoms with E-state index in [-0.39, 0.29) is 72.6 Å². The molecule has 16 heteroatoms. The van der Waals surface area contributed by atoms with Crippen LogP contribution < -0.4 is 16.0 Å². The number of amides is 3. The fraction of sp³-hybridized carbons (Fsp3) is 0.135. The lowest BCUT2D eigenvalue weighted by atomic mass is 10.0. The largest absolute Gasteiger partial charge is 0.445 e. The molecule has 3 amide bonds. The molecule has 5 aromatic heterocycles. The van der Waals surface area contributed by atoms with Gasteiger partial charge in [0, 0.05) is 19.6 Å². The number of hydrogen-bond acceptors (Lipinski definition) is 13. The topological polar surface area (TPSA) is 214 Å². The molecule has 2 aromatic carbocycles. The molecule has 1 aliphatic heterocycles. The number of fused-ring (bicyclic) bond motifs is 16. The van der Waals surface area contributed by atoms with Crippen molar-refractivity contribution in [3.8, 4) is 46.3 Å². The molecule has 12 bridgehead atoms. The van der Waals surface area contributed by atoms with E-state index in [1.165, 1.54) is 25.1 Å². The van der Waals surface area contributed by atoms with Gasteiger partial charge in [0.15, 0.2) is 22.8 Å². The zero-order valence-electron chi connectivity index (χ0n) is 27.7. The molecule has 264 valence electrons. The van der Waals surface area contributed by atoms with Crippen molar-refractivity contribution >= 4 is 17.9 Å². The van der Waals surface area contributed by atoms with E-state index in [4.69, 9.17) is 22.4 Å². The van der Waals surface area contributed by atoms with Crippen molar-refractivity contribution in [3.63, 3.8) is 0 Å². The number of pyridine rings is 1. The van der Waals surface area contributed by atoms with Gasteiger partial charge in [0.2, 0.25) is 23.6 Å². The molecule has 0 spiro atoms. The van der Waals surface area contributed by atoms with Crippen molar-refractivity contribution in [2.45, 2.75) is 26.1 Å². The molecule has 0 atom stereocenters. The van der Waals surface area contributed by atoms with Gasteiger partial charge in [-0.05, 0) is 40.8 Å². The first-order valence-corrected chi connectivity index (χ1v) is 16.4. The summed E-state index contributed by atoms with van der Waals surface area (Å²) in [6.45, 7) is 0.694. The number of aromatic nitrogens is 5. The third-order valence-corrected chi connectivity index (χ3v) is 8.02. The molecular weight excluding hydrogens is 684 g/mol. The number of nitrogens with one attached hydrogen (secondary N) is 3. The van der Waals surface area contributed by atoms with Gasteiger partial charge in [0.05, 0.1) is 0 Å². The fourth-order valence-corrected chi connectivity index (χ4v) is 5.46. The highest BCUT2D eigenvalue weighted by Gasteiger charge is 2.21. The van der Waals surface area contributed by atoms with Gasteiger partial charge in [-0.3, -0.25) is 9.59 Å². The van der Waals surface area contributed by atoms with Crippen LogP contribution in [-0.4, -0.2) is 49.4 Å². The standard InChI is InChI=1S/C37H28N8O8/c46-31-27-17-49-35(42-27)29-19-51-33(44-29)25-7-4-8-26(41-25)34-45-30(20-52-34)36-43-28(18-50-36)32(47)40-15-24-12-22(11-23(13-24)14-39-31)9-10-38-37(48)53-16-21-5-2-1-3-6-21/h1-8,11-13,17-20H,9-10,14-16H2,(H,38,48)(H,39,46)(H,40,47). The van der Waals surface area contributed by atoms with Crippen LogP contribution in [0.4, 0.5) is 4.79 Å². The first kappa shape index (κ1) is 32.8. The lowest BCUT2D eigenvalue weighted by Crippen LogP contribution is -2.27. The highest BCUT2D eigenvalue weighted by molar-refractivity contribution is 5.93. The van der Waals surface area contributed by atoms with E-state index in [1.807, 2.05) is 48.5 Å². The van der Waals surface area contributed by atoms with Gasteiger partial charge in [0.25, 0.3) is 11.8 Å². The van der Waals surface area contributed by atoms with Crippen LogP contribution in [0, 0.1) is 0 Å². The maximum Gasteiger partial charge on any atom is 0.407 e. The SMILES string of the molecule is O=C(NCCc1cc2cc(c1)CNC(=O)c1coc(n1)-c1coc(n1)-c1cccc(n1)-c1nc(co1)-c1nc(co1)C(=O)NC2)OCc1ccccc1. The van der Waals surface area contributed by atoms with Crippen LogP contribution in [0.3, 0.4) is 0 Å². The highest BCUT2D eigenvalue weighted by Crippen LogP contribution is 2.27. The van der Waals surface area contributed by atoms with Crippen molar-refractivity contribution < 1.29 is 36.8 Å². The highest BCUT2D eigenvalue weighted by atomic mass is 16.5. The van der Waals surface area contributed by atoms with E-state index in [9.17, 15) is 14.4 Å². The summed E-state index contributed by atoms with van der Waals surface area (Å²) in [4.78, 5) is 60.6. The number of hydrogen-bond donors (Lipinski definition) is 3. The normalized spacial score (nSPS) is 12.7. The molecule has 0 saturated heterocycles. The van der Waals surface area contributed by atoms with Crippen LogP contribution >= 0.6 is 0 Å². The third kappa shape index (κ3) is 7.56. The minimum Gasteiger partial charge on any atom is -0.445 e. The van der Waals surface area contributed by atoms with E-state index in [1.54, 1.807) is 18.2 Å². The molecule has 0 aliphatic carbocycles. The lowest BCUT2D eigenvalue weighted by molar-refractivity contribution is 0.0938. The average Bonchev–Trinajstić information content (AvgIpc) is 4.02. The molecule has 8 rings (SSSR count). The fourth-order valence-electron chi connectivity index (χ4n) is 5.46. The van der Waals surface area contributed by atoms with Crippen LogP contribution in [0.1, 0.15) is 43.2 Å². The Morgan fingerprint density at radius 1 is 0.604 bits per heavy atom. The molecule has 6 heterocycles. The summed E-state index contributed by atoms with van der Waals surface area (Å²) < 4.78 is 27.7. The minimum atomic E-state index is -0.546. The van der Waals surface area contributed by atoms with E-state index in [2.05, 4.69) is 40.9 Å². The summed E-state index contributed by atoms with van der Waals surface area (Å²) in [7, 11) is 0. The Morgan fingerprint density at radius 2 is 1.11 bits per heavy atom. The zero-order chi connectivity index (χ0) is 36.1.